The van der Waals surface area contributed by atoms with Crippen LogP contribution in [0.1, 0.15) is 23.8 Å². The van der Waals surface area contributed by atoms with Crippen LogP contribution >= 0.6 is 0 Å². The first-order valence-corrected chi connectivity index (χ1v) is 8.83. The van der Waals surface area contributed by atoms with E-state index in [2.05, 4.69) is 34.2 Å². The molecule has 1 aliphatic rings. The zero-order valence-electron chi connectivity index (χ0n) is 14.7. The predicted molar refractivity (Wildman–Crippen MR) is 96.3 cm³/mol. The van der Waals surface area contributed by atoms with E-state index in [0.717, 1.165) is 56.6 Å². The van der Waals surface area contributed by atoms with Crippen LogP contribution in [0.25, 0.3) is 10.9 Å². The largest absolute Gasteiger partial charge is 0.349 e. The minimum Gasteiger partial charge on any atom is -0.349 e. The van der Waals surface area contributed by atoms with Gasteiger partial charge >= 0.3 is 0 Å². The molecule has 0 bridgehead atoms. The van der Waals surface area contributed by atoms with Crippen LogP contribution in [0.4, 0.5) is 0 Å². The predicted octanol–water partition coefficient (Wildman–Crippen LogP) is 1.42. The minimum atomic E-state index is -0.0739. The number of amides is 1. The van der Waals surface area contributed by atoms with Gasteiger partial charge in [-0.05, 0) is 19.5 Å². The van der Waals surface area contributed by atoms with E-state index in [1.54, 1.807) is 0 Å². The van der Waals surface area contributed by atoms with Crippen LogP contribution < -0.4 is 5.32 Å². The van der Waals surface area contributed by atoms with E-state index in [1.807, 2.05) is 28.9 Å². The monoisotopic (exact) mass is 329 g/mol. The lowest BCUT2D eigenvalue weighted by Gasteiger charge is -2.32. The lowest BCUT2D eigenvalue weighted by Crippen LogP contribution is -2.46. The van der Waals surface area contributed by atoms with Crippen LogP contribution in [0.5, 0.6) is 0 Å². The Bertz CT molecular complexity index is 688. The average Bonchev–Trinajstić information content (AvgIpc) is 2.96. The van der Waals surface area contributed by atoms with E-state index >= 15 is 0 Å². The minimum absolute atomic E-state index is 0.0739. The van der Waals surface area contributed by atoms with Gasteiger partial charge in [-0.15, -0.1) is 0 Å². The number of benzene rings is 1. The summed E-state index contributed by atoms with van der Waals surface area (Å²) in [5.74, 6) is -0.0739. The van der Waals surface area contributed by atoms with Crippen molar-refractivity contribution in [1.82, 2.24) is 24.9 Å². The molecule has 1 fully saturated rings. The summed E-state index contributed by atoms with van der Waals surface area (Å²) in [6, 6.07) is 7.95. The first-order valence-electron chi connectivity index (χ1n) is 8.83. The fourth-order valence-corrected chi connectivity index (χ4v) is 3.16. The highest BCUT2D eigenvalue weighted by Crippen LogP contribution is 2.18. The number of rotatable bonds is 6. The van der Waals surface area contributed by atoms with Gasteiger partial charge in [0.05, 0.1) is 5.52 Å². The first kappa shape index (κ1) is 16.9. The first-order chi connectivity index (χ1) is 11.7. The standard InChI is InChI=1S/C18H27N5O/c1-3-9-23-16-7-5-4-6-15(16)17(20-23)18(24)19-8-10-22-13-11-21(2)12-14-22/h4-7H,3,8-14H2,1-2H3,(H,19,24). The third kappa shape index (κ3) is 3.76. The van der Waals surface area contributed by atoms with Crippen molar-refractivity contribution >= 4 is 16.8 Å². The molecule has 0 atom stereocenters. The second-order valence-electron chi connectivity index (χ2n) is 6.49. The number of hydrogen-bond donors (Lipinski definition) is 1. The zero-order valence-corrected chi connectivity index (χ0v) is 14.7. The Hall–Kier alpha value is -1.92. The molecular formula is C18H27N5O. The molecule has 24 heavy (non-hydrogen) atoms. The lowest BCUT2D eigenvalue weighted by atomic mass is 10.2. The van der Waals surface area contributed by atoms with Crippen molar-refractivity contribution in [3.05, 3.63) is 30.0 Å². The van der Waals surface area contributed by atoms with Crippen molar-refractivity contribution in [3.8, 4) is 0 Å². The maximum atomic E-state index is 12.6. The fourth-order valence-electron chi connectivity index (χ4n) is 3.16. The Kier molecular flexibility index (Phi) is 5.48. The van der Waals surface area contributed by atoms with Gasteiger partial charge in [0.25, 0.3) is 5.91 Å². The van der Waals surface area contributed by atoms with Crippen molar-refractivity contribution in [3.63, 3.8) is 0 Å². The molecule has 3 rings (SSSR count). The SMILES string of the molecule is CCCn1nc(C(=O)NCCN2CCN(C)CC2)c2ccccc21. The molecular weight excluding hydrogens is 302 g/mol. The number of carbonyl (C=O) groups excluding carboxylic acids is 1. The molecule has 6 nitrogen and oxygen atoms in total. The molecule has 0 saturated carbocycles. The summed E-state index contributed by atoms with van der Waals surface area (Å²) in [4.78, 5) is 17.3. The molecule has 0 unspecified atom stereocenters. The average molecular weight is 329 g/mol. The summed E-state index contributed by atoms with van der Waals surface area (Å²) in [7, 11) is 2.15. The number of likely N-dealkylation sites (N-methyl/N-ethyl adjacent to an activating group) is 1. The molecule has 1 N–H and O–H groups in total. The summed E-state index contributed by atoms with van der Waals surface area (Å²) in [6.07, 6.45) is 0.996. The van der Waals surface area contributed by atoms with Crippen molar-refractivity contribution in [2.45, 2.75) is 19.9 Å². The Morgan fingerprint density at radius 3 is 2.67 bits per heavy atom. The van der Waals surface area contributed by atoms with E-state index in [4.69, 9.17) is 0 Å². The highest BCUT2D eigenvalue weighted by molar-refractivity contribution is 6.04. The highest BCUT2D eigenvalue weighted by atomic mass is 16.1. The fraction of sp³-hybridized carbons (Fsp3) is 0.556. The van der Waals surface area contributed by atoms with Gasteiger partial charge in [0, 0.05) is 51.2 Å². The van der Waals surface area contributed by atoms with Gasteiger partial charge in [-0.1, -0.05) is 25.1 Å². The molecule has 2 aromatic rings. The molecule has 1 amide bonds. The molecule has 130 valence electrons. The third-order valence-corrected chi connectivity index (χ3v) is 4.62. The maximum absolute atomic E-state index is 12.6. The topological polar surface area (TPSA) is 53.4 Å². The quantitative estimate of drug-likeness (QED) is 0.871. The second-order valence-corrected chi connectivity index (χ2v) is 6.49. The Morgan fingerprint density at radius 2 is 1.92 bits per heavy atom. The number of fused-ring (bicyclic) bond motifs is 1. The second kappa shape index (κ2) is 7.77. The normalized spacial score (nSPS) is 16.6. The van der Waals surface area contributed by atoms with Crippen LogP contribution in [0.3, 0.4) is 0 Å². The number of hydrogen-bond acceptors (Lipinski definition) is 4. The number of nitrogens with zero attached hydrogens (tertiary/aromatic N) is 4. The molecule has 2 heterocycles. The van der Waals surface area contributed by atoms with E-state index in [0.29, 0.717) is 12.2 Å². The van der Waals surface area contributed by atoms with Crippen molar-refractivity contribution < 1.29 is 4.79 Å². The number of carbonyl (C=O) groups is 1. The smallest absolute Gasteiger partial charge is 0.272 e. The maximum Gasteiger partial charge on any atom is 0.272 e. The Morgan fingerprint density at radius 1 is 1.17 bits per heavy atom. The third-order valence-electron chi connectivity index (χ3n) is 4.62. The summed E-state index contributed by atoms with van der Waals surface area (Å²) >= 11 is 0. The van der Waals surface area contributed by atoms with Crippen LogP contribution in [0, 0.1) is 0 Å². The van der Waals surface area contributed by atoms with E-state index in [1.165, 1.54) is 0 Å². The van der Waals surface area contributed by atoms with Gasteiger partial charge in [-0.2, -0.15) is 5.10 Å². The van der Waals surface area contributed by atoms with Gasteiger partial charge in [-0.25, -0.2) is 0 Å². The molecule has 0 spiro atoms. The molecule has 1 aliphatic heterocycles. The van der Waals surface area contributed by atoms with E-state index in [9.17, 15) is 4.79 Å². The van der Waals surface area contributed by atoms with Gasteiger partial charge in [-0.3, -0.25) is 14.4 Å². The Balaban J connectivity index is 1.61. The van der Waals surface area contributed by atoms with E-state index in [-0.39, 0.29) is 5.91 Å². The van der Waals surface area contributed by atoms with Gasteiger partial charge in [0.2, 0.25) is 0 Å². The number of aromatic nitrogens is 2. The number of para-hydroxylation sites is 1. The zero-order chi connectivity index (χ0) is 16.9. The molecule has 0 radical (unpaired) electrons. The van der Waals surface area contributed by atoms with Crippen LogP contribution in [0.15, 0.2) is 24.3 Å². The van der Waals surface area contributed by atoms with Gasteiger partial charge < -0.3 is 10.2 Å². The van der Waals surface area contributed by atoms with Crippen molar-refractivity contribution in [1.29, 1.82) is 0 Å². The van der Waals surface area contributed by atoms with E-state index < -0.39 is 0 Å². The van der Waals surface area contributed by atoms with Gasteiger partial charge in [0.15, 0.2) is 5.69 Å². The summed E-state index contributed by atoms with van der Waals surface area (Å²) in [5, 5.41) is 8.51. The van der Waals surface area contributed by atoms with Crippen molar-refractivity contribution in [2.24, 2.45) is 0 Å². The molecule has 1 aromatic carbocycles. The van der Waals surface area contributed by atoms with Crippen LogP contribution in [0.2, 0.25) is 0 Å². The Labute approximate surface area is 143 Å². The number of piperazine rings is 1. The molecule has 1 saturated heterocycles. The summed E-state index contributed by atoms with van der Waals surface area (Å²) < 4.78 is 1.94. The molecule has 6 heteroatoms. The summed E-state index contributed by atoms with van der Waals surface area (Å²) in [6.45, 7) is 8.84. The molecule has 0 aliphatic carbocycles. The molecule has 1 aromatic heterocycles. The van der Waals surface area contributed by atoms with Crippen LogP contribution in [-0.2, 0) is 6.54 Å². The highest BCUT2D eigenvalue weighted by Gasteiger charge is 2.17. The van der Waals surface area contributed by atoms with Gasteiger partial charge in [0.1, 0.15) is 0 Å². The summed E-state index contributed by atoms with van der Waals surface area (Å²) in [5.41, 5.74) is 1.57. The lowest BCUT2D eigenvalue weighted by molar-refractivity contribution is 0.0936. The van der Waals surface area contributed by atoms with Crippen LogP contribution in [-0.4, -0.2) is 71.8 Å². The number of nitrogens with one attached hydrogen (secondary N) is 1. The number of aryl methyl sites for hydroxylation is 1. The van der Waals surface area contributed by atoms with Crippen molar-refractivity contribution in [2.75, 3.05) is 46.3 Å².